The van der Waals surface area contributed by atoms with Gasteiger partial charge in [0.1, 0.15) is 5.82 Å². The molecule has 1 aromatic heterocycles. The molecule has 0 unspecified atom stereocenters. The molecule has 3 N–H and O–H groups in total. The van der Waals surface area contributed by atoms with Gasteiger partial charge in [0.2, 0.25) is 10.0 Å². The summed E-state index contributed by atoms with van der Waals surface area (Å²) in [6, 6.07) is 5.89. The van der Waals surface area contributed by atoms with Crippen LogP contribution in [0.3, 0.4) is 0 Å². The second-order valence-electron chi connectivity index (χ2n) is 5.07. The molecule has 1 aromatic carbocycles. The molecule has 0 saturated heterocycles. The van der Waals surface area contributed by atoms with Crippen molar-refractivity contribution in [3.8, 4) is 0 Å². The van der Waals surface area contributed by atoms with Crippen LogP contribution in [0.1, 0.15) is 28.2 Å². The van der Waals surface area contributed by atoms with E-state index in [1.165, 1.54) is 11.3 Å². The minimum Gasteiger partial charge on any atom is -0.452 e. The Morgan fingerprint density at radius 2 is 2.08 bits per heavy atom. The molecule has 0 radical (unpaired) electrons. The highest BCUT2D eigenvalue weighted by Gasteiger charge is 2.19. The summed E-state index contributed by atoms with van der Waals surface area (Å²) in [6.07, 6.45) is 0. The van der Waals surface area contributed by atoms with Crippen molar-refractivity contribution in [2.75, 3.05) is 6.61 Å². The average Bonchev–Trinajstić information content (AvgIpc) is 3.06. The van der Waals surface area contributed by atoms with E-state index >= 15 is 0 Å². The lowest BCUT2D eigenvalue weighted by atomic mass is 10.2. The van der Waals surface area contributed by atoms with Crippen LogP contribution in [-0.2, 0) is 19.6 Å². The predicted octanol–water partition coefficient (Wildman–Crippen LogP) is 1.57. The van der Waals surface area contributed by atoms with E-state index in [9.17, 15) is 22.4 Å². The summed E-state index contributed by atoms with van der Waals surface area (Å²) in [7, 11) is -4.10. The molecule has 0 spiro atoms. The van der Waals surface area contributed by atoms with E-state index in [0.717, 1.165) is 23.1 Å². The van der Waals surface area contributed by atoms with Crippen LogP contribution in [0.25, 0.3) is 0 Å². The van der Waals surface area contributed by atoms with Crippen molar-refractivity contribution in [1.29, 1.82) is 0 Å². The minimum atomic E-state index is -4.10. The zero-order chi connectivity index (χ0) is 18.6. The van der Waals surface area contributed by atoms with Gasteiger partial charge in [-0.3, -0.25) is 4.79 Å². The summed E-state index contributed by atoms with van der Waals surface area (Å²) >= 11 is 1.46. The molecular weight excluding hydrogens is 371 g/mol. The summed E-state index contributed by atoms with van der Waals surface area (Å²) in [5.74, 6) is -2.72. The van der Waals surface area contributed by atoms with Gasteiger partial charge in [-0.25, -0.2) is 22.7 Å². The Kier molecular flexibility index (Phi) is 5.88. The number of nitrogens with two attached hydrogens (primary N) is 1. The normalized spacial score (nSPS) is 12.4. The summed E-state index contributed by atoms with van der Waals surface area (Å²) in [6.45, 7) is 1.13. The molecule has 0 fully saturated rings. The first-order chi connectivity index (χ1) is 11.7. The fraction of sp³-hybridized carbons (Fsp3) is 0.200. The second kappa shape index (κ2) is 7.72. The molecule has 0 aliphatic heterocycles. The van der Waals surface area contributed by atoms with Gasteiger partial charge in [-0.2, -0.15) is 0 Å². The molecule has 1 amide bonds. The lowest BCUT2D eigenvalue weighted by Gasteiger charge is -2.12. The van der Waals surface area contributed by atoms with E-state index in [-0.39, 0.29) is 6.04 Å². The van der Waals surface area contributed by atoms with E-state index in [0.29, 0.717) is 0 Å². The SMILES string of the molecule is C[C@H](NC(=O)COC(=O)c1cc(S(N)(=O)=O)ccc1F)c1cccs1. The van der Waals surface area contributed by atoms with E-state index < -0.39 is 44.8 Å². The molecule has 7 nitrogen and oxygen atoms in total. The quantitative estimate of drug-likeness (QED) is 0.731. The Morgan fingerprint density at radius 3 is 2.68 bits per heavy atom. The van der Waals surface area contributed by atoms with Crippen molar-refractivity contribution >= 4 is 33.2 Å². The minimum absolute atomic E-state index is 0.270. The molecule has 2 aromatic rings. The number of thiophene rings is 1. The first-order valence-corrected chi connectivity index (χ1v) is 9.43. The number of esters is 1. The summed E-state index contributed by atoms with van der Waals surface area (Å²) < 4.78 is 40.9. The van der Waals surface area contributed by atoms with Crippen molar-refractivity contribution in [3.05, 3.63) is 52.0 Å². The van der Waals surface area contributed by atoms with Gasteiger partial charge in [-0.1, -0.05) is 6.07 Å². The predicted molar refractivity (Wildman–Crippen MR) is 88.9 cm³/mol. The summed E-state index contributed by atoms with van der Waals surface area (Å²) in [4.78, 5) is 24.2. The molecule has 1 atom stereocenters. The van der Waals surface area contributed by atoms with Crippen molar-refractivity contribution in [3.63, 3.8) is 0 Å². The van der Waals surface area contributed by atoms with Crippen molar-refractivity contribution < 1.29 is 27.1 Å². The number of sulfonamides is 1. The summed E-state index contributed by atoms with van der Waals surface area (Å²) in [5, 5.41) is 9.42. The van der Waals surface area contributed by atoms with Crippen LogP contribution in [-0.4, -0.2) is 26.9 Å². The highest BCUT2D eigenvalue weighted by Crippen LogP contribution is 2.18. The maximum Gasteiger partial charge on any atom is 0.341 e. The molecule has 1 heterocycles. The number of amides is 1. The Balaban J connectivity index is 1.99. The lowest BCUT2D eigenvalue weighted by Crippen LogP contribution is -2.31. The van der Waals surface area contributed by atoms with Crippen molar-refractivity contribution in [1.82, 2.24) is 5.32 Å². The van der Waals surface area contributed by atoms with Crippen molar-refractivity contribution in [2.45, 2.75) is 17.9 Å². The third-order valence-electron chi connectivity index (χ3n) is 3.17. The van der Waals surface area contributed by atoms with Crippen LogP contribution in [0.5, 0.6) is 0 Å². The first kappa shape index (κ1) is 19.0. The van der Waals surface area contributed by atoms with Gasteiger partial charge in [0, 0.05) is 4.88 Å². The Labute approximate surface area is 147 Å². The van der Waals surface area contributed by atoms with Crippen LogP contribution in [0.15, 0.2) is 40.6 Å². The van der Waals surface area contributed by atoms with Gasteiger partial charge in [0.05, 0.1) is 16.5 Å². The average molecular weight is 386 g/mol. The number of hydrogen-bond acceptors (Lipinski definition) is 6. The van der Waals surface area contributed by atoms with E-state index in [1.54, 1.807) is 6.92 Å². The molecular formula is C15H15FN2O5S2. The van der Waals surface area contributed by atoms with E-state index in [4.69, 9.17) is 9.88 Å². The molecule has 10 heteroatoms. The molecule has 0 saturated carbocycles. The number of hydrogen-bond donors (Lipinski definition) is 2. The highest BCUT2D eigenvalue weighted by molar-refractivity contribution is 7.89. The van der Waals surface area contributed by atoms with Crippen LogP contribution in [0, 0.1) is 5.82 Å². The lowest BCUT2D eigenvalue weighted by molar-refractivity contribution is -0.124. The Morgan fingerprint density at radius 1 is 1.36 bits per heavy atom. The second-order valence-corrected chi connectivity index (χ2v) is 7.61. The number of halogens is 1. The van der Waals surface area contributed by atoms with Crippen LogP contribution in [0.2, 0.25) is 0 Å². The molecule has 0 aliphatic rings. The van der Waals surface area contributed by atoms with Gasteiger partial charge in [-0.15, -0.1) is 11.3 Å². The fourth-order valence-corrected chi connectivity index (χ4v) is 3.21. The molecule has 134 valence electrons. The zero-order valence-electron chi connectivity index (χ0n) is 13.1. The number of benzene rings is 1. The Hall–Kier alpha value is -2.30. The van der Waals surface area contributed by atoms with E-state index in [2.05, 4.69) is 5.32 Å². The Bertz CT molecular complexity index is 881. The summed E-state index contributed by atoms with van der Waals surface area (Å²) in [5.41, 5.74) is -0.620. The molecule has 25 heavy (non-hydrogen) atoms. The number of carbonyl (C=O) groups is 2. The largest absolute Gasteiger partial charge is 0.452 e. The van der Waals surface area contributed by atoms with Gasteiger partial charge in [-0.05, 0) is 36.6 Å². The maximum absolute atomic E-state index is 13.7. The number of nitrogens with one attached hydrogen (secondary N) is 1. The third-order valence-corrected chi connectivity index (χ3v) is 5.13. The number of primary sulfonamides is 1. The smallest absolute Gasteiger partial charge is 0.341 e. The van der Waals surface area contributed by atoms with Crippen LogP contribution in [0.4, 0.5) is 4.39 Å². The van der Waals surface area contributed by atoms with Gasteiger partial charge in [0.25, 0.3) is 5.91 Å². The maximum atomic E-state index is 13.7. The monoisotopic (exact) mass is 386 g/mol. The molecule has 0 bridgehead atoms. The number of ether oxygens (including phenoxy) is 1. The number of carbonyl (C=O) groups excluding carboxylic acids is 2. The fourth-order valence-electron chi connectivity index (χ4n) is 1.94. The van der Waals surface area contributed by atoms with Crippen LogP contribution < -0.4 is 10.5 Å². The molecule has 2 rings (SSSR count). The van der Waals surface area contributed by atoms with Gasteiger partial charge < -0.3 is 10.1 Å². The van der Waals surface area contributed by atoms with Gasteiger partial charge >= 0.3 is 5.97 Å². The highest BCUT2D eigenvalue weighted by atomic mass is 32.2. The van der Waals surface area contributed by atoms with Crippen LogP contribution >= 0.6 is 11.3 Å². The topological polar surface area (TPSA) is 116 Å². The van der Waals surface area contributed by atoms with Crippen molar-refractivity contribution in [2.24, 2.45) is 5.14 Å². The van der Waals surface area contributed by atoms with Gasteiger partial charge in [0.15, 0.2) is 6.61 Å². The molecule has 0 aliphatic carbocycles. The zero-order valence-corrected chi connectivity index (χ0v) is 14.7. The first-order valence-electron chi connectivity index (χ1n) is 7.00. The number of rotatable bonds is 6. The van der Waals surface area contributed by atoms with E-state index in [1.807, 2.05) is 17.5 Å². The third kappa shape index (κ3) is 5.08. The standard InChI is InChI=1S/C15H15FN2O5S2/c1-9(13-3-2-6-24-13)18-14(19)8-23-15(20)11-7-10(25(17,21)22)4-5-12(11)16/h2-7,9H,8H2,1H3,(H,18,19)(H2,17,21,22)/t9-/m0/s1.